The molecule has 118 valence electrons. The van der Waals surface area contributed by atoms with Gasteiger partial charge in [-0.15, -0.1) is 0 Å². The Morgan fingerprint density at radius 3 is 2.91 bits per heavy atom. The molecule has 1 aromatic carbocycles. The molecule has 1 aliphatic heterocycles. The third-order valence-electron chi connectivity index (χ3n) is 4.60. The third kappa shape index (κ3) is 2.62. The highest BCUT2D eigenvalue weighted by molar-refractivity contribution is 7.89. The molecule has 0 aliphatic carbocycles. The van der Waals surface area contributed by atoms with Crippen LogP contribution in [0.4, 0.5) is 0 Å². The Labute approximate surface area is 131 Å². The highest BCUT2D eigenvalue weighted by atomic mass is 32.2. The van der Waals surface area contributed by atoms with Crippen molar-refractivity contribution in [1.82, 2.24) is 9.29 Å². The largest absolute Gasteiger partial charge is 0.330 e. The zero-order valence-corrected chi connectivity index (χ0v) is 13.5. The van der Waals surface area contributed by atoms with Gasteiger partial charge in [0.05, 0.1) is 10.4 Å². The van der Waals surface area contributed by atoms with Crippen molar-refractivity contribution >= 4 is 20.9 Å². The van der Waals surface area contributed by atoms with Crippen molar-refractivity contribution in [2.75, 3.05) is 19.6 Å². The Kier molecular flexibility index (Phi) is 4.16. The topological polar surface area (TPSA) is 76.3 Å². The second-order valence-electron chi connectivity index (χ2n) is 5.95. The SMILES string of the molecule is CC1CCN(S(=O)(=O)c2cccc3ncccc23)CC1CN. The van der Waals surface area contributed by atoms with Gasteiger partial charge in [-0.2, -0.15) is 4.31 Å². The number of rotatable bonds is 3. The molecular formula is C16H21N3O2S. The molecule has 0 spiro atoms. The van der Waals surface area contributed by atoms with Crippen molar-refractivity contribution in [3.8, 4) is 0 Å². The van der Waals surface area contributed by atoms with Gasteiger partial charge >= 0.3 is 0 Å². The smallest absolute Gasteiger partial charge is 0.243 e. The first-order valence-electron chi connectivity index (χ1n) is 7.58. The highest BCUT2D eigenvalue weighted by Crippen LogP contribution is 2.30. The minimum absolute atomic E-state index is 0.219. The van der Waals surface area contributed by atoms with Crippen LogP contribution in [0.2, 0.25) is 0 Å². The molecule has 1 aromatic heterocycles. The van der Waals surface area contributed by atoms with Gasteiger partial charge in [-0.3, -0.25) is 4.98 Å². The molecule has 0 amide bonds. The van der Waals surface area contributed by atoms with E-state index in [2.05, 4.69) is 11.9 Å². The minimum atomic E-state index is -3.52. The number of sulfonamides is 1. The van der Waals surface area contributed by atoms with Gasteiger partial charge in [-0.25, -0.2) is 8.42 Å². The van der Waals surface area contributed by atoms with Gasteiger partial charge in [0.15, 0.2) is 0 Å². The second-order valence-corrected chi connectivity index (χ2v) is 7.86. The van der Waals surface area contributed by atoms with Crippen molar-refractivity contribution in [3.63, 3.8) is 0 Å². The zero-order valence-electron chi connectivity index (χ0n) is 12.6. The lowest BCUT2D eigenvalue weighted by Crippen LogP contribution is -2.45. The Balaban J connectivity index is 2.02. The summed E-state index contributed by atoms with van der Waals surface area (Å²) in [5.41, 5.74) is 6.50. The fraction of sp³-hybridized carbons (Fsp3) is 0.438. The number of nitrogens with zero attached hydrogens (tertiary/aromatic N) is 2. The maximum absolute atomic E-state index is 13.0. The summed E-state index contributed by atoms with van der Waals surface area (Å²) in [5, 5.41) is 0.674. The number of fused-ring (bicyclic) bond motifs is 1. The van der Waals surface area contributed by atoms with E-state index in [1.54, 1.807) is 28.7 Å². The molecule has 1 aliphatic rings. The Bertz CT molecular complexity index is 771. The Morgan fingerprint density at radius 2 is 2.14 bits per heavy atom. The Hall–Kier alpha value is -1.50. The van der Waals surface area contributed by atoms with Crippen LogP contribution in [0.5, 0.6) is 0 Å². The van der Waals surface area contributed by atoms with Crippen LogP contribution < -0.4 is 5.73 Å². The van der Waals surface area contributed by atoms with Gasteiger partial charge in [0.1, 0.15) is 0 Å². The lowest BCUT2D eigenvalue weighted by atomic mass is 9.88. The number of nitrogens with two attached hydrogens (primary N) is 1. The number of piperidine rings is 1. The van der Waals surface area contributed by atoms with E-state index in [0.717, 1.165) is 6.42 Å². The second kappa shape index (κ2) is 5.95. The van der Waals surface area contributed by atoms with E-state index in [1.807, 2.05) is 12.1 Å². The monoisotopic (exact) mass is 319 g/mol. The van der Waals surface area contributed by atoms with Crippen LogP contribution in [-0.2, 0) is 10.0 Å². The molecule has 3 rings (SSSR count). The van der Waals surface area contributed by atoms with Crippen LogP contribution in [0.1, 0.15) is 13.3 Å². The molecular weight excluding hydrogens is 298 g/mol. The lowest BCUT2D eigenvalue weighted by Gasteiger charge is -2.35. The van der Waals surface area contributed by atoms with Gasteiger partial charge < -0.3 is 5.73 Å². The zero-order chi connectivity index (χ0) is 15.7. The molecule has 2 aromatic rings. The van der Waals surface area contributed by atoms with Crippen LogP contribution in [-0.4, -0.2) is 37.3 Å². The summed E-state index contributed by atoms with van der Waals surface area (Å²) < 4.78 is 27.6. The average Bonchev–Trinajstić information content (AvgIpc) is 2.54. The third-order valence-corrected chi connectivity index (χ3v) is 6.53. The van der Waals surface area contributed by atoms with E-state index in [9.17, 15) is 8.42 Å². The summed E-state index contributed by atoms with van der Waals surface area (Å²) >= 11 is 0. The maximum atomic E-state index is 13.0. The van der Waals surface area contributed by atoms with Crippen LogP contribution >= 0.6 is 0 Å². The average molecular weight is 319 g/mol. The number of pyridine rings is 1. The van der Waals surface area contributed by atoms with E-state index in [1.165, 1.54) is 0 Å². The molecule has 1 fully saturated rings. The van der Waals surface area contributed by atoms with Gasteiger partial charge in [-0.1, -0.05) is 13.0 Å². The van der Waals surface area contributed by atoms with Crippen LogP contribution in [0, 0.1) is 11.8 Å². The molecule has 2 atom stereocenters. The summed E-state index contributed by atoms with van der Waals surface area (Å²) in [5.74, 6) is 0.683. The van der Waals surface area contributed by atoms with E-state index >= 15 is 0 Å². The van der Waals surface area contributed by atoms with E-state index < -0.39 is 10.0 Å². The number of hydrogen-bond donors (Lipinski definition) is 1. The van der Waals surface area contributed by atoms with Crippen LogP contribution in [0.3, 0.4) is 0 Å². The molecule has 0 radical (unpaired) electrons. The molecule has 2 unspecified atom stereocenters. The van der Waals surface area contributed by atoms with Crippen molar-refractivity contribution in [2.24, 2.45) is 17.6 Å². The molecule has 2 heterocycles. The van der Waals surface area contributed by atoms with Gasteiger partial charge in [0, 0.05) is 24.7 Å². The summed E-state index contributed by atoms with van der Waals surface area (Å²) in [6, 6.07) is 8.81. The van der Waals surface area contributed by atoms with E-state index in [0.29, 0.717) is 41.4 Å². The van der Waals surface area contributed by atoms with Gasteiger partial charge in [0.2, 0.25) is 10.0 Å². The normalized spacial score (nSPS) is 23.7. The summed E-state index contributed by atoms with van der Waals surface area (Å²) in [4.78, 5) is 4.58. The lowest BCUT2D eigenvalue weighted by molar-refractivity contribution is 0.203. The fourth-order valence-corrected chi connectivity index (χ4v) is 4.79. The molecule has 2 N–H and O–H groups in total. The summed E-state index contributed by atoms with van der Waals surface area (Å²) in [7, 11) is -3.52. The predicted molar refractivity (Wildman–Crippen MR) is 86.8 cm³/mol. The molecule has 6 heteroatoms. The molecule has 0 bridgehead atoms. The predicted octanol–water partition coefficient (Wildman–Crippen LogP) is 1.84. The first-order chi connectivity index (χ1) is 10.5. The minimum Gasteiger partial charge on any atom is -0.330 e. The van der Waals surface area contributed by atoms with Crippen molar-refractivity contribution in [3.05, 3.63) is 36.5 Å². The van der Waals surface area contributed by atoms with Gasteiger partial charge in [-0.05, 0) is 49.1 Å². The summed E-state index contributed by atoms with van der Waals surface area (Å²) in [6.07, 6.45) is 2.52. The summed E-state index contributed by atoms with van der Waals surface area (Å²) in [6.45, 7) is 3.71. The first kappa shape index (κ1) is 15.4. The first-order valence-corrected chi connectivity index (χ1v) is 9.02. The van der Waals surface area contributed by atoms with E-state index in [4.69, 9.17) is 5.73 Å². The number of benzene rings is 1. The van der Waals surface area contributed by atoms with Gasteiger partial charge in [0.25, 0.3) is 0 Å². The highest BCUT2D eigenvalue weighted by Gasteiger charge is 2.33. The quantitative estimate of drug-likeness (QED) is 0.936. The van der Waals surface area contributed by atoms with Crippen molar-refractivity contribution in [1.29, 1.82) is 0 Å². The molecule has 5 nitrogen and oxygen atoms in total. The number of hydrogen-bond acceptors (Lipinski definition) is 4. The standard InChI is InChI=1S/C16H21N3O2S/c1-12-7-9-19(11-13(12)10-17)22(20,21)16-6-2-5-15-14(16)4-3-8-18-15/h2-6,8,12-13H,7,9-11,17H2,1H3. The van der Waals surface area contributed by atoms with E-state index in [-0.39, 0.29) is 5.92 Å². The number of aromatic nitrogens is 1. The Morgan fingerprint density at radius 1 is 1.32 bits per heavy atom. The molecule has 22 heavy (non-hydrogen) atoms. The van der Waals surface area contributed by atoms with Crippen LogP contribution in [0.25, 0.3) is 10.9 Å². The maximum Gasteiger partial charge on any atom is 0.243 e. The molecule has 0 saturated carbocycles. The van der Waals surface area contributed by atoms with Crippen molar-refractivity contribution < 1.29 is 8.42 Å². The molecule has 1 saturated heterocycles. The van der Waals surface area contributed by atoms with Crippen LogP contribution in [0.15, 0.2) is 41.4 Å². The van der Waals surface area contributed by atoms with Crippen molar-refractivity contribution in [2.45, 2.75) is 18.2 Å². The fourth-order valence-electron chi connectivity index (χ4n) is 3.08.